The third kappa shape index (κ3) is 3.89. The lowest BCUT2D eigenvalue weighted by Gasteiger charge is -2.19. The highest BCUT2D eigenvalue weighted by Crippen LogP contribution is 2.18. The van der Waals surface area contributed by atoms with Crippen LogP contribution in [0.5, 0.6) is 0 Å². The van der Waals surface area contributed by atoms with Crippen molar-refractivity contribution in [2.45, 2.75) is 52.1 Å². The number of aryl methyl sites for hydroxylation is 3. The number of carboxylic acid groups (broad SMARTS) is 1. The summed E-state index contributed by atoms with van der Waals surface area (Å²) in [5.74, 6) is -0.845. The van der Waals surface area contributed by atoms with E-state index in [9.17, 15) is 9.59 Å². The van der Waals surface area contributed by atoms with E-state index in [0.717, 1.165) is 42.9 Å². The molecule has 134 valence electrons. The lowest BCUT2D eigenvalue weighted by molar-refractivity contribution is -0.136. The summed E-state index contributed by atoms with van der Waals surface area (Å²) in [6, 6.07) is 1.91. The molecule has 3 rings (SSSR count). The molecule has 1 aliphatic rings. The highest BCUT2D eigenvalue weighted by molar-refractivity contribution is 5.95. The van der Waals surface area contributed by atoms with Crippen molar-refractivity contribution in [3.8, 4) is 0 Å². The van der Waals surface area contributed by atoms with E-state index in [-0.39, 0.29) is 12.3 Å². The van der Waals surface area contributed by atoms with Gasteiger partial charge in [0.05, 0.1) is 36.1 Å². The molecule has 0 bridgehead atoms. The largest absolute Gasteiger partial charge is 0.481 e. The van der Waals surface area contributed by atoms with Crippen LogP contribution in [0.25, 0.3) is 0 Å². The molecule has 0 fully saturated rings. The van der Waals surface area contributed by atoms with Crippen LogP contribution < -0.4 is 0 Å². The number of aromatic amines is 1. The molecule has 8 nitrogen and oxygen atoms in total. The first-order valence-electron chi connectivity index (χ1n) is 8.67. The van der Waals surface area contributed by atoms with Crippen molar-refractivity contribution in [2.75, 3.05) is 6.54 Å². The van der Waals surface area contributed by atoms with Crippen molar-refractivity contribution >= 4 is 11.9 Å². The molecule has 25 heavy (non-hydrogen) atoms. The molecule has 2 aromatic rings. The number of carbonyl (C=O) groups excluding carboxylic acids is 1. The smallest absolute Gasteiger partial charge is 0.303 e. The van der Waals surface area contributed by atoms with E-state index in [1.54, 1.807) is 6.20 Å². The Morgan fingerprint density at radius 1 is 1.32 bits per heavy atom. The van der Waals surface area contributed by atoms with E-state index in [1.807, 2.05) is 15.6 Å². The second-order valence-electron chi connectivity index (χ2n) is 6.34. The predicted octanol–water partition coefficient (Wildman–Crippen LogP) is 1.62. The van der Waals surface area contributed by atoms with Crippen LogP contribution in [-0.4, -0.2) is 48.4 Å². The van der Waals surface area contributed by atoms with Crippen LogP contribution in [0.1, 0.15) is 53.6 Å². The molecule has 2 aromatic heterocycles. The first kappa shape index (κ1) is 17.2. The minimum Gasteiger partial charge on any atom is -0.481 e. The molecule has 1 amide bonds. The average molecular weight is 345 g/mol. The standard InChI is InChI=1S/C17H23N5O3/c1-2-4-15-14(10-18-19-15)17(25)21-7-3-8-22-13(11-21)9-12(20-22)5-6-16(23)24/h9-10H,2-8,11H2,1H3,(H,18,19)(H,23,24). The van der Waals surface area contributed by atoms with Gasteiger partial charge in [0, 0.05) is 25.2 Å². The van der Waals surface area contributed by atoms with E-state index < -0.39 is 5.97 Å². The van der Waals surface area contributed by atoms with Crippen LogP contribution >= 0.6 is 0 Å². The number of carboxylic acids is 1. The minimum absolute atomic E-state index is 0.0149. The van der Waals surface area contributed by atoms with Crippen molar-refractivity contribution in [3.05, 3.63) is 34.9 Å². The van der Waals surface area contributed by atoms with Gasteiger partial charge in [-0.3, -0.25) is 19.4 Å². The molecule has 0 aliphatic carbocycles. The number of aliphatic carboxylic acids is 1. The highest BCUT2D eigenvalue weighted by Gasteiger charge is 2.24. The van der Waals surface area contributed by atoms with Crippen molar-refractivity contribution in [2.24, 2.45) is 0 Å². The van der Waals surface area contributed by atoms with Crippen LogP contribution in [0.4, 0.5) is 0 Å². The Bertz CT molecular complexity index is 764. The third-order valence-corrected chi connectivity index (χ3v) is 4.40. The zero-order valence-electron chi connectivity index (χ0n) is 14.4. The highest BCUT2D eigenvalue weighted by atomic mass is 16.4. The zero-order valence-corrected chi connectivity index (χ0v) is 14.4. The summed E-state index contributed by atoms with van der Waals surface area (Å²) in [5.41, 5.74) is 3.24. The number of rotatable bonds is 6. The lowest BCUT2D eigenvalue weighted by Crippen LogP contribution is -2.31. The summed E-state index contributed by atoms with van der Waals surface area (Å²) in [4.78, 5) is 25.5. The number of hydrogen-bond donors (Lipinski definition) is 2. The van der Waals surface area contributed by atoms with Crippen LogP contribution in [0, 0.1) is 0 Å². The van der Waals surface area contributed by atoms with E-state index >= 15 is 0 Å². The first-order valence-corrected chi connectivity index (χ1v) is 8.67. The Kier molecular flexibility index (Phi) is 5.16. The van der Waals surface area contributed by atoms with Crippen molar-refractivity contribution in [3.63, 3.8) is 0 Å². The van der Waals surface area contributed by atoms with E-state index in [1.165, 1.54) is 0 Å². The van der Waals surface area contributed by atoms with Crippen molar-refractivity contribution in [1.29, 1.82) is 0 Å². The van der Waals surface area contributed by atoms with Gasteiger partial charge in [-0.25, -0.2) is 0 Å². The maximum atomic E-state index is 12.9. The van der Waals surface area contributed by atoms with Crippen LogP contribution in [0.2, 0.25) is 0 Å². The van der Waals surface area contributed by atoms with Gasteiger partial charge in [-0.1, -0.05) is 13.3 Å². The first-order chi connectivity index (χ1) is 12.1. The maximum Gasteiger partial charge on any atom is 0.303 e. The molecule has 8 heteroatoms. The normalized spacial score (nSPS) is 14.2. The SMILES string of the molecule is CCCc1[nH]ncc1C(=O)N1CCCn2nc(CCC(=O)O)cc2C1. The Morgan fingerprint density at radius 2 is 2.16 bits per heavy atom. The van der Waals surface area contributed by atoms with E-state index in [0.29, 0.717) is 25.1 Å². The number of aromatic nitrogens is 4. The summed E-state index contributed by atoms with van der Waals surface area (Å²) in [6.07, 6.45) is 4.64. The molecule has 0 saturated heterocycles. The lowest BCUT2D eigenvalue weighted by atomic mass is 10.1. The number of amides is 1. The molecule has 0 radical (unpaired) electrons. The molecule has 0 saturated carbocycles. The maximum absolute atomic E-state index is 12.9. The fourth-order valence-electron chi connectivity index (χ4n) is 3.16. The van der Waals surface area contributed by atoms with Gasteiger partial charge in [0.15, 0.2) is 0 Å². The van der Waals surface area contributed by atoms with Gasteiger partial charge in [0.2, 0.25) is 0 Å². The quantitative estimate of drug-likeness (QED) is 0.828. The molecule has 0 aromatic carbocycles. The van der Waals surface area contributed by atoms with Crippen LogP contribution in [0.15, 0.2) is 12.3 Å². The summed E-state index contributed by atoms with van der Waals surface area (Å²) >= 11 is 0. The fourth-order valence-corrected chi connectivity index (χ4v) is 3.16. The minimum atomic E-state index is -0.830. The van der Waals surface area contributed by atoms with Gasteiger partial charge in [-0.05, 0) is 18.9 Å². The molecule has 0 spiro atoms. The molecule has 2 N–H and O–H groups in total. The Hall–Kier alpha value is -2.64. The molecular formula is C17H23N5O3. The zero-order chi connectivity index (χ0) is 17.8. The third-order valence-electron chi connectivity index (χ3n) is 4.40. The van der Waals surface area contributed by atoms with Gasteiger partial charge in [0.25, 0.3) is 5.91 Å². The molecule has 1 aliphatic heterocycles. The second kappa shape index (κ2) is 7.50. The average Bonchev–Trinajstić information content (AvgIpc) is 3.14. The second-order valence-corrected chi connectivity index (χ2v) is 6.34. The molecular weight excluding hydrogens is 322 g/mol. The Balaban J connectivity index is 1.75. The van der Waals surface area contributed by atoms with Gasteiger partial charge < -0.3 is 10.0 Å². The van der Waals surface area contributed by atoms with Gasteiger partial charge in [-0.15, -0.1) is 0 Å². The molecule has 0 atom stereocenters. The Morgan fingerprint density at radius 3 is 2.92 bits per heavy atom. The number of nitrogens with zero attached hydrogens (tertiary/aromatic N) is 4. The predicted molar refractivity (Wildman–Crippen MR) is 90.1 cm³/mol. The monoisotopic (exact) mass is 345 g/mol. The van der Waals surface area contributed by atoms with E-state index in [2.05, 4.69) is 22.2 Å². The van der Waals surface area contributed by atoms with Crippen molar-refractivity contribution in [1.82, 2.24) is 24.9 Å². The van der Waals surface area contributed by atoms with E-state index in [4.69, 9.17) is 5.11 Å². The fraction of sp³-hybridized carbons (Fsp3) is 0.529. The molecule has 0 unspecified atom stereocenters. The van der Waals surface area contributed by atoms with Crippen LogP contribution in [-0.2, 0) is 30.7 Å². The van der Waals surface area contributed by atoms with Crippen LogP contribution in [0.3, 0.4) is 0 Å². The number of hydrogen-bond acceptors (Lipinski definition) is 4. The number of nitrogens with one attached hydrogen (secondary N) is 1. The topological polar surface area (TPSA) is 104 Å². The van der Waals surface area contributed by atoms with Crippen molar-refractivity contribution < 1.29 is 14.7 Å². The Labute approximate surface area is 145 Å². The number of H-pyrrole nitrogens is 1. The number of fused-ring (bicyclic) bond motifs is 1. The molecule has 3 heterocycles. The summed E-state index contributed by atoms with van der Waals surface area (Å²) in [5, 5.41) is 20.2. The van der Waals surface area contributed by atoms with Gasteiger partial charge in [-0.2, -0.15) is 10.2 Å². The summed E-state index contributed by atoms with van der Waals surface area (Å²) in [7, 11) is 0. The van der Waals surface area contributed by atoms with Gasteiger partial charge >= 0.3 is 5.97 Å². The number of carbonyl (C=O) groups is 2. The van der Waals surface area contributed by atoms with Gasteiger partial charge in [0.1, 0.15) is 0 Å². The summed E-state index contributed by atoms with van der Waals surface area (Å²) < 4.78 is 1.90. The summed E-state index contributed by atoms with van der Waals surface area (Å²) in [6.45, 7) is 3.96.